The molecule has 0 aromatic carbocycles. The summed E-state index contributed by atoms with van der Waals surface area (Å²) in [6, 6.07) is 0. The number of hydrogen-bond donors (Lipinski definition) is 1. The molecule has 1 N–H and O–H groups in total. The van der Waals surface area contributed by atoms with Gasteiger partial charge in [0.05, 0.1) is 30.7 Å². The van der Waals surface area contributed by atoms with E-state index in [0.29, 0.717) is 6.42 Å². The van der Waals surface area contributed by atoms with Crippen molar-refractivity contribution in [3.05, 3.63) is 0 Å². The summed E-state index contributed by atoms with van der Waals surface area (Å²) in [6.07, 6.45) is 1.23. The Labute approximate surface area is 144 Å². The van der Waals surface area contributed by atoms with Crippen LogP contribution in [0.5, 0.6) is 0 Å². The van der Waals surface area contributed by atoms with Gasteiger partial charge in [-0.15, -0.1) is 0 Å². The number of rotatable bonds is 7. The van der Waals surface area contributed by atoms with Crippen LogP contribution < -0.4 is 5.32 Å². The second kappa shape index (κ2) is 8.24. The van der Waals surface area contributed by atoms with Crippen molar-refractivity contribution in [2.45, 2.75) is 84.1 Å². The van der Waals surface area contributed by atoms with E-state index in [1.165, 1.54) is 13.8 Å². The van der Waals surface area contributed by atoms with Crippen molar-refractivity contribution in [3.63, 3.8) is 0 Å². The molecule has 0 heterocycles. The Morgan fingerprint density at radius 2 is 1.22 bits per heavy atom. The van der Waals surface area contributed by atoms with Gasteiger partial charge in [-0.3, -0.25) is 0 Å². The Bertz CT molecular complexity index is 572. The fourth-order valence-corrected chi connectivity index (χ4v) is 2.97. The van der Waals surface area contributed by atoms with Crippen molar-refractivity contribution in [2.75, 3.05) is 5.75 Å². The minimum atomic E-state index is -4.17. The van der Waals surface area contributed by atoms with Crippen LogP contribution in [-0.2, 0) is 20.2 Å². The molecule has 0 atom stereocenters. The highest BCUT2D eigenvalue weighted by atomic mass is 32.2. The van der Waals surface area contributed by atoms with Gasteiger partial charge < -0.3 is 14.4 Å². The van der Waals surface area contributed by atoms with E-state index in [0.717, 1.165) is 6.42 Å². The first-order chi connectivity index (χ1) is 9.79. The molecule has 0 saturated carbocycles. The van der Waals surface area contributed by atoms with Crippen molar-refractivity contribution in [1.29, 1.82) is 0 Å². The molecule has 0 spiro atoms. The normalized spacial score (nSPS) is 14.2. The smallest absolute Gasteiger partial charge is 0.748 e. The van der Waals surface area contributed by atoms with E-state index >= 15 is 0 Å². The van der Waals surface area contributed by atoms with E-state index in [4.69, 9.17) is 0 Å². The lowest BCUT2D eigenvalue weighted by Gasteiger charge is -2.37. The highest BCUT2D eigenvalue weighted by Crippen LogP contribution is 2.17. The Kier molecular flexibility index (Phi) is 8.97. The van der Waals surface area contributed by atoms with Crippen LogP contribution >= 0.6 is 0 Å². The highest BCUT2D eigenvalue weighted by Gasteiger charge is 2.27. The highest BCUT2D eigenvalue weighted by molar-refractivity contribution is 7.87. The molecule has 0 amide bonds. The van der Waals surface area contributed by atoms with Crippen molar-refractivity contribution in [2.24, 2.45) is 0 Å². The topological polar surface area (TPSA) is 126 Å². The molecule has 0 aliphatic carbocycles. The van der Waals surface area contributed by atoms with Gasteiger partial charge in [-0.25, -0.2) is 16.8 Å². The van der Waals surface area contributed by atoms with E-state index in [-0.39, 0.29) is 14.1 Å². The van der Waals surface area contributed by atoms with Gasteiger partial charge in [0.25, 0.3) is 0 Å². The molecular formula is C14H33NO6S2. The lowest BCUT2D eigenvalue weighted by Crippen LogP contribution is -2.54. The Morgan fingerprint density at radius 3 is 1.39 bits per heavy atom. The first kappa shape index (κ1) is 25.0. The standard InChI is InChI=1S/C9H21NO3S.C5H12O3S/c1-6-8(2,3)10-9(4,5)7-14(11,12)13;1-4-5(2,3)9(6,7)8/h10H,6-7H2,1-5H3,(H,11,12,13);4H2,1-3H3,(H,6,7,8). The molecule has 0 saturated heterocycles. The lowest BCUT2D eigenvalue weighted by atomic mass is 9.96. The molecule has 0 radical (unpaired) electrons. The van der Waals surface area contributed by atoms with Gasteiger partial charge in [-0.2, -0.15) is 0 Å². The molecule has 0 rings (SSSR count). The average molecular weight is 376 g/mol. The third-order valence-electron chi connectivity index (χ3n) is 3.63. The first-order valence-corrected chi connectivity index (χ1v) is 10.5. The van der Waals surface area contributed by atoms with Crippen LogP contribution in [0.1, 0.15) is 71.1 Å². The van der Waals surface area contributed by atoms with Crippen molar-refractivity contribution in [3.8, 4) is 0 Å². The van der Waals surface area contributed by atoms with Crippen LogP contribution in [0.15, 0.2) is 0 Å². The van der Waals surface area contributed by atoms with Crippen LogP contribution in [0.2, 0.25) is 0 Å². The molecule has 7 nitrogen and oxygen atoms in total. The van der Waals surface area contributed by atoms with Gasteiger partial charge >= 0.3 is 2.85 Å². The Hall–Kier alpha value is -0.220. The predicted molar refractivity (Wildman–Crippen MR) is 92.4 cm³/mol. The van der Waals surface area contributed by atoms with Crippen molar-refractivity contribution in [1.82, 2.24) is 5.32 Å². The SMILES string of the molecule is CCC(C)(C)NC(C)(C)CS(=O)(=O)[O-].CCC(C)(C)S(=O)(=O)[O-].[H+].[H+]. The third-order valence-corrected chi connectivity index (χ3v) is 6.34. The Morgan fingerprint density at radius 1 is 0.826 bits per heavy atom. The summed E-state index contributed by atoms with van der Waals surface area (Å²) in [6.45, 7) is 13.9. The first-order valence-electron chi connectivity index (χ1n) is 7.47. The molecule has 9 heteroatoms. The lowest BCUT2D eigenvalue weighted by molar-refractivity contribution is 0.273. The molecule has 0 aliphatic heterocycles. The third kappa shape index (κ3) is 11.9. The second-order valence-corrected chi connectivity index (χ2v) is 10.9. The molecule has 23 heavy (non-hydrogen) atoms. The van der Waals surface area contributed by atoms with Gasteiger partial charge in [-0.05, 0) is 54.4 Å². The van der Waals surface area contributed by atoms with Gasteiger partial charge in [0.15, 0.2) is 0 Å². The van der Waals surface area contributed by atoms with Gasteiger partial charge in [-0.1, -0.05) is 13.8 Å². The monoisotopic (exact) mass is 375 g/mol. The molecule has 0 fully saturated rings. The zero-order valence-corrected chi connectivity index (χ0v) is 17.0. The molecular weight excluding hydrogens is 342 g/mol. The molecule has 0 aliphatic rings. The maximum atomic E-state index is 10.6. The molecule has 0 aromatic rings. The largest absolute Gasteiger partial charge is 1.00 e. The van der Waals surface area contributed by atoms with Gasteiger partial charge in [0.2, 0.25) is 0 Å². The minimum absolute atomic E-state index is 0. The Balaban J connectivity index is -0.000000177. The molecule has 0 unspecified atom stereocenters. The second-order valence-electron chi connectivity index (χ2n) is 7.52. The summed E-state index contributed by atoms with van der Waals surface area (Å²) < 4.78 is 61.8. The van der Waals surface area contributed by atoms with Gasteiger partial charge in [0, 0.05) is 11.1 Å². The minimum Gasteiger partial charge on any atom is -0.748 e. The summed E-state index contributed by atoms with van der Waals surface area (Å²) >= 11 is 0. The molecule has 142 valence electrons. The molecule has 0 aromatic heterocycles. The number of hydrogen-bond acceptors (Lipinski definition) is 7. The summed E-state index contributed by atoms with van der Waals surface area (Å²) in [5.41, 5.74) is -0.839. The van der Waals surface area contributed by atoms with E-state index < -0.39 is 30.5 Å². The fourth-order valence-electron chi connectivity index (χ4n) is 1.66. The van der Waals surface area contributed by atoms with E-state index in [1.807, 2.05) is 20.8 Å². The van der Waals surface area contributed by atoms with Crippen LogP contribution in [0.3, 0.4) is 0 Å². The van der Waals surface area contributed by atoms with Crippen LogP contribution in [0, 0.1) is 0 Å². The maximum absolute atomic E-state index is 10.6. The maximum Gasteiger partial charge on any atom is 1.00 e. The summed E-state index contributed by atoms with van der Waals surface area (Å²) in [7, 11) is -8.28. The van der Waals surface area contributed by atoms with Crippen LogP contribution in [-0.4, -0.2) is 47.5 Å². The van der Waals surface area contributed by atoms with E-state index in [9.17, 15) is 25.9 Å². The predicted octanol–water partition coefficient (Wildman–Crippen LogP) is 2.03. The van der Waals surface area contributed by atoms with E-state index in [2.05, 4.69) is 5.32 Å². The van der Waals surface area contributed by atoms with E-state index in [1.54, 1.807) is 20.8 Å². The quantitative estimate of drug-likeness (QED) is 0.674. The van der Waals surface area contributed by atoms with Crippen LogP contribution in [0.4, 0.5) is 0 Å². The summed E-state index contributed by atoms with van der Waals surface area (Å²) in [4.78, 5) is 0. The zero-order valence-electron chi connectivity index (χ0n) is 17.4. The average Bonchev–Trinajstić information content (AvgIpc) is 2.23. The van der Waals surface area contributed by atoms with Crippen LogP contribution in [0.25, 0.3) is 0 Å². The zero-order chi connectivity index (χ0) is 19.3. The van der Waals surface area contributed by atoms with Crippen molar-refractivity contribution < 1.29 is 28.8 Å². The molecule has 0 bridgehead atoms. The summed E-state index contributed by atoms with van der Waals surface area (Å²) in [5.74, 6) is -0.385. The van der Waals surface area contributed by atoms with Gasteiger partial charge in [0.1, 0.15) is 0 Å². The fraction of sp³-hybridized carbons (Fsp3) is 1.00. The van der Waals surface area contributed by atoms with Crippen molar-refractivity contribution >= 4 is 20.2 Å². The number of nitrogens with one attached hydrogen (secondary N) is 1. The summed E-state index contributed by atoms with van der Waals surface area (Å²) in [5, 5.41) is 3.16.